The van der Waals surface area contributed by atoms with Gasteiger partial charge in [0, 0.05) is 43.6 Å². The number of nitriles is 1. The molecule has 7 heteroatoms. The summed E-state index contributed by atoms with van der Waals surface area (Å²) >= 11 is 0. The third-order valence-corrected chi connectivity index (χ3v) is 5.10. The number of hydrogen-bond donors (Lipinski definition) is 1. The number of ether oxygens (including phenoxy) is 1. The number of pyridine rings is 1. The Morgan fingerprint density at radius 1 is 1.23 bits per heavy atom. The lowest BCUT2D eigenvalue weighted by molar-refractivity contribution is -0.114. The van der Waals surface area contributed by atoms with Crippen LogP contribution in [-0.2, 0) is 16.1 Å². The quantitative estimate of drug-likeness (QED) is 0.717. The number of carbonyl (C=O) groups excluding carboxylic acids is 1. The summed E-state index contributed by atoms with van der Waals surface area (Å²) in [5, 5.41) is 13.1. The van der Waals surface area contributed by atoms with Crippen molar-refractivity contribution in [1.29, 1.82) is 5.26 Å². The normalized spacial score (nSPS) is 14.4. The second-order valence-corrected chi connectivity index (χ2v) is 7.27. The van der Waals surface area contributed by atoms with Crippen LogP contribution in [0.1, 0.15) is 18.1 Å². The van der Waals surface area contributed by atoms with Crippen LogP contribution >= 0.6 is 0 Å². The predicted molar refractivity (Wildman–Crippen MR) is 112 cm³/mol. The average Bonchev–Trinajstić information content (AvgIpc) is 2.74. The molecule has 2 aromatic carbocycles. The number of halogens is 1. The highest BCUT2D eigenvalue weighted by Gasteiger charge is 2.15. The van der Waals surface area contributed by atoms with E-state index < -0.39 is 0 Å². The summed E-state index contributed by atoms with van der Waals surface area (Å²) in [5.74, 6) is -0.588. The first-order valence-corrected chi connectivity index (χ1v) is 9.75. The summed E-state index contributed by atoms with van der Waals surface area (Å²) in [6, 6.07) is 13.9. The zero-order chi connectivity index (χ0) is 21.1. The average molecular weight is 404 g/mol. The Morgan fingerprint density at radius 2 is 2.03 bits per heavy atom. The van der Waals surface area contributed by atoms with Crippen molar-refractivity contribution < 1.29 is 13.9 Å². The maximum Gasteiger partial charge on any atom is 0.221 e. The number of rotatable bonds is 4. The zero-order valence-corrected chi connectivity index (χ0v) is 16.6. The van der Waals surface area contributed by atoms with Gasteiger partial charge < -0.3 is 10.1 Å². The van der Waals surface area contributed by atoms with Crippen LogP contribution in [-0.4, -0.2) is 42.1 Å². The molecule has 0 radical (unpaired) electrons. The minimum Gasteiger partial charge on any atom is -0.379 e. The van der Waals surface area contributed by atoms with E-state index in [-0.39, 0.29) is 11.7 Å². The molecular formula is C23H21FN4O2. The minimum atomic E-state index is -0.344. The summed E-state index contributed by atoms with van der Waals surface area (Å²) < 4.78 is 19.3. The van der Waals surface area contributed by atoms with Gasteiger partial charge in [0.1, 0.15) is 11.9 Å². The number of carbonyl (C=O) groups is 1. The fraction of sp³-hybridized carbons (Fsp3) is 0.261. The molecule has 0 saturated carbocycles. The number of anilines is 1. The van der Waals surface area contributed by atoms with Gasteiger partial charge in [0.15, 0.2) is 0 Å². The van der Waals surface area contributed by atoms with Crippen LogP contribution < -0.4 is 5.32 Å². The van der Waals surface area contributed by atoms with Crippen molar-refractivity contribution in [2.45, 2.75) is 13.5 Å². The lowest BCUT2D eigenvalue weighted by Gasteiger charge is -2.27. The van der Waals surface area contributed by atoms with Gasteiger partial charge in [-0.25, -0.2) is 9.37 Å². The molecule has 0 bridgehead atoms. The molecule has 1 amide bonds. The van der Waals surface area contributed by atoms with E-state index in [0.717, 1.165) is 29.6 Å². The van der Waals surface area contributed by atoms with E-state index in [1.54, 1.807) is 24.3 Å². The maximum absolute atomic E-state index is 13.9. The molecule has 4 rings (SSSR count). The van der Waals surface area contributed by atoms with Crippen LogP contribution in [0.3, 0.4) is 0 Å². The number of nitrogens with one attached hydrogen (secondary N) is 1. The van der Waals surface area contributed by atoms with E-state index >= 15 is 0 Å². The topological polar surface area (TPSA) is 78.2 Å². The summed E-state index contributed by atoms with van der Waals surface area (Å²) in [6.45, 7) is 5.17. The molecule has 1 aliphatic rings. The van der Waals surface area contributed by atoms with Crippen molar-refractivity contribution in [1.82, 2.24) is 9.88 Å². The van der Waals surface area contributed by atoms with E-state index in [1.807, 2.05) is 6.07 Å². The highest BCUT2D eigenvalue weighted by Crippen LogP contribution is 2.29. The maximum atomic E-state index is 13.9. The SMILES string of the molecule is CC(=O)Nc1ccc(-c2cc(CN3CCOCC3)c3ccc(F)cc3n2)cc1C#N. The first-order chi connectivity index (χ1) is 14.5. The smallest absolute Gasteiger partial charge is 0.221 e. The number of hydrogen-bond acceptors (Lipinski definition) is 5. The predicted octanol–water partition coefficient (Wildman–Crippen LogP) is 3.70. The molecule has 0 atom stereocenters. The van der Waals surface area contributed by atoms with Crippen molar-refractivity contribution in [2.24, 2.45) is 0 Å². The molecule has 1 N–H and O–H groups in total. The number of nitrogens with zero attached hydrogens (tertiary/aromatic N) is 3. The molecule has 1 fully saturated rings. The van der Waals surface area contributed by atoms with Crippen molar-refractivity contribution in [3.63, 3.8) is 0 Å². The van der Waals surface area contributed by atoms with Gasteiger partial charge in [-0.15, -0.1) is 0 Å². The van der Waals surface area contributed by atoms with Gasteiger partial charge in [-0.3, -0.25) is 9.69 Å². The Bertz CT molecular complexity index is 1150. The van der Waals surface area contributed by atoms with Crippen LogP contribution in [0.2, 0.25) is 0 Å². The Morgan fingerprint density at radius 3 is 2.77 bits per heavy atom. The van der Waals surface area contributed by atoms with Crippen molar-refractivity contribution in [3.05, 3.63) is 59.4 Å². The Labute approximate surface area is 173 Å². The monoisotopic (exact) mass is 404 g/mol. The molecule has 0 unspecified atom stereocenters. The Hall–Kier alpha value is -3.34. The van der Waals surface area contributed by atoms with Gasteiger partial charge in [-0.05, 0) is 35.9 Å². The standard InChI is InChI=1S/C23H21FN4O2/c1-15(29)26-21-5-2-16(10-17(21)13-25)22-11-18(14-28-6-8-30-9-7-28)20-4-3-19(24)12-23(20)27-22/h2-5,10-12H,6-9,14H2,1H3,(H,26,29). The van der Waals surface area contributed by atoms with Gasteiger partial charge in [-0.2, -0.15) is 5.26 Å². The lowest BCUT2D eigenvalue weighted by atomic mass is 10.0. The van der Waals surface area contributed by atoms with Crippen molar-refractivity contribution >= 4 is 22.5 Å². The highest BCUT2D eigenvalue weighted by molar-refractivity contribution is 5.91. The molecule has 1 aromatic heterocycles. The summed E-state index contributed by atoms with van der Waals surface area (Å²) in [7, 11) is 0. The van der Waals surface area contributed by atoms with Gasteiger partial charge in [0.25, 0.3) is 0 Å². The fourth-order valence-electron chi connectivity index (χ4n) is 3.65. The van der Waals surface area contributed by atoms with Crippen LogP contribution in [0.15, 0.2) is 42.5 Å². The fourth-order valence-corrected chi connectivity index (χ4v) is 3.65. The second-order valence-electron chi connectivity index (χ2n) is 7.27. The molecule has 1 saturated heterocycles. The third kappa shape index (κ3) is 4.30. The minimum absolute atomic E-state index is 0.244. The van der Waals surface area contributed by atoms with E-state index in [2.05, 4.69) is 21.3 Å². The highest BCUT2D eigenvalue weighted by atomic mass is 19.1. The van der Waals surface area contributed by atoms with Gasteiger partial charge in [-0.1, -0.05) is 6.07 Å². The van der Waals surface area contributed by atoms with E-state index in [9.17, 15) is 14.4 Å². The van der Waals surface area contributed by atoms with Gasteiger partial charge in [0.2, 0.25) is 5.91 Å². The third-order valence-electron chi connectivity index (χ3n) is 5.10. The molecule has 2 heterocycles. The first-order valence-electron chi connectivity index (χ1n) is 9.75. The van der Waals surface area contributed by atoms with Crippen LogP contribution in [0.5, 0.6) is 0 Å². The van der Waals surface area contributed by atoms with Crippen molar-refractivity contribution in [2.75, 3.05) is 31.6 Å². The number of benzene rings is 2. The largest absolute Gasteiger partial charge is 0.379 e. The zero-order valence-electron chi connectivity index (χ0n) is 16.6. The van der Waals surface area contributed by atoms with E-state index in [1.165, 1.54) is 19.1 Å². The summed E-state index contributed by atoms with van der Waals surface area (Å²) in [5.41, 5.74) is 3.80. The van der Waals surface area contributed by atoms with Gasteiger partial charge in [0.05, 0.1) is 35.7 Å². The number of amides is 1. The molecular weight excluding hydrogens is 383 g/mol. The van der Waals surface area contributed by atoms with E-state index in [0.29, 0.717) is 42.2 Å². The van der Waals surface area contributed by atoms with Gasteiger partial charge >= 0.3 is 0 Å². The molecule has 0 spiro atoms. The first kappa shape index (κ1) is 20.0. The number of morpholine rings is 1. The molecule has 3 aromatic rings. The van der Waals surface area contributed by atoms with Crippen LogP contribution in [0.4, 0.5) is 10.1 Å². The molecule has 6 nitrogen and oxygen atoms in total. The molecule has 0 aliphatic carbocycles. The number of fused-ring (bicyclic) bond motifs is 1. The Balaban J connectivity index is 1.78. The van der Waals surface area contributed by atoms with Crippen molar-refractivity contribution in [3.8, 4) is 17.3 Å². The molecule has 30 heavy (non-hydrogen) atoms. The van der Waals surface area contributed by atoms with Crippen LogP contribution in [0.25, 0.3) is 22.2 Å². The van der Waals surface area contributed by atoms with E-state index in [4.69, 9.17) is 4.74 Å². The summed E-state index contributed by atoms with van der Waals surface area (Å²) in [6.07, 6.45) is 0. The lowest BCUT2D eigenvalue weighted by Crippen LogP contribution is -2.35. The molecule has 1 aliphatic heterocycles. The Kier molecular flexibility index (Phi) is 5.70. The van der Waals surface area contributed by atoms with Crippen LogP contribution in [0, 0.1) is 17.1 Å². The number of aromatic nitrogens is 1. The summed E-state index contributed by atoms with van der Waals surface area (Å²) in [4.78, 5) is 18.3. The second kappa shape index (κ2) is 8.57. The molecule has 152 valence electrons.